The number of nitrogens with one attached hydrogen (secondary N) is 1. The summed E-state index contributed by atoms with van der Waals surface area (Å²) in [7, 11) is 0. The van der Waals surface area contributed by atoms with Crippen LogP contribution in [0.3, 0.4) is 0 Å². The van der Waals surface area contributed by atoms with Gasteiger partial charge in [-0.15, -0.1) is 0 Å². The lowest BCUT2D eigenvalue weighted by Crippen LogP contribution is -2.32. The fraction of sp³-hybridized carbons (Fsp3) is 0.312. The van der Waals surface area contributed by atoms with Gasteiger partial charge in [0.2, 0.25) is 5.91 Å². The first kappa shape index (κ1) is 14.8. The Bertz CT molecular complexity index is 712. The minimum atomic E-state index is -0.0472. The largest absolute Gasteiger partial charge is 0.352 e. The van der Waals surface area contributed by atoms with Gasteiger partial charge in [0.05, 0.1) is 0 Å². The standard InChI is InChI=1S/C16H17ClN4O/c1-10-18-15(17)8-16(19-10)21-7-6-13-12(9-21)4-3-5-14(13)20-11(2)22/h3-5,8H,6-7,9H2,1-2H3,(H,20,22). The van der Waals surface area contributed by atoms with Gasteiger partial charge in [-0.2, -0.15) is 0 Å². The van der Waals surface area contributed by atoms with Crippen molar-refractivity contribution in [2.45, 2.75) is 26.8 Å². The first-order valence-corrected chi connectivity index (χ1v) is 7.55. The molecular formula is C16H17ClN4O. The maximum Gasteiger partial charge on any atom is 0.221 e. The van der Waals surface area contributed by atoms with Gasteiger partial charge in [0.15, 0.2) is 0 Å². The Morgan fingerprint density at radius 2 is 2.18 bits per heavy atom. The van der Waals surface area contributed by atoms with E-state index < -0.39 is 0 Å². The number of aryl methyl sites for hydroxylation is 1. The molecule has 0 radical (unpaired) electrons. The van der Waals surface area contributed by atoms with E-state index in [2.05, 4.69) is 26.3 Å². The summed E-state index contributed by atoms with van der Waals surface area (Å²) < 4.78 is 0. The third-order valence-electron chi connectivity index (χ3n) is 3.69. The van der Waals surface area contributed by atoms with Gasteiger partial charge in [-0.25, -0.2) is 9.97 Å². The lowest BCUT2D eigenvalue weighted by Gasteiger charge is -2.31. The molecule has 0 aliphatic carbocycles. The van der Waals surface area contributed by atoms with Crippen molar-refractivity contribution in [1.29, 1.82) is 0 Å². The highest BCUT2D eigenvalue weighted by Gasteiger charge is 2.20. The Morgan fingerprint density at radius 3 is 2.91 bits per heavy atom. The highest BCUT2D eigenvalue weighted by atomic mass is 35.5. The van der Waals surface area contributed by atoms with E-state index in [9.17, 15) is 4.79 Å². The minimum Gasteiger partial charge on any atom is -0.352 e. The molecule has 0 atom stereocenters. The SMILES string of the molecule is CC(=O)Nc1cccc2c1CCN(c1cc(Cl)nc(C)n1)C2. The summed E-state index contributed by atoms with van der Waals surface area (Å²) in [4.78, 5) is 22.1. The number of fused-ring (bicyclic) bond motifs is 1. The lowest BCUT2D eigenvalue weighted by molar-refractivity contribution is -0.114. The minimum absolute atomic E-state index is 0.0472. The van der Waals surface area contributed by atoms with Crippen molar-refractivity contribution < 1.29 is 4.79 Å². The molecule has 3 rings (SSSR count). The molecule has 6 heteroatoms. The van der Waals surface area contributed by atoms with E-state index in [1.807, 2.05) is 19.1 Å². The van der Waals surface area contributed by atoms with Crippen LogP contribution in [-0.2, 0) is 17.8 Å². The Hall–Kier alpha value is -2.14. The zero-order chi connectivity index (χ0) is 15.7. The van der Waals surface area contributed by atoms with Gasteiger partial charge >= 0.3 is 0 Å². The summed E-state index contributed by atoms with van der Waals surface area (Å²) in [5, 5.41) is 3.36. The van der Waals surface area contributed by atoms with E-state index in [-0.39, 0.29) is 5.91 Å². The monoisotopic (exact) mass is 316 g/mol. The third-order valence-corrected chi connectivity index (χ3v) is 3.89. The summed E-state index contributed by atoms with van der Waals surface area (Å²) in [5.74, 6) is 1.46. The van der Waals surface area contributed by atoms with Crippen LogP contribution in [-0.4, -0.2) is 22.4 Å². The number of carbonyl (C=O) groups is 1. The van der Waals surface area contributed by atoms with Gasteiger partial charge in [0.25, 0.3) is 0 Å². The van der Waals surface area contributed by atoms with E-state index in [4.69, 9.17) is 11.6 Å². The van der Waals surface area contributed by atoms with Crippen molar-refractivity contribution in [3.05, 3.63) is 46.4 Å². The maximum atomic E-state index is 11.3. The highest BCUT2D eigenvalue weighted by Crippen LogP contribution is 2.29. The molecule has 0 saturated heterocycles. The molecule has 1 N–H and O–H groups in total. The lowest BCUT2D eigenvalue weighted by atomic mass is 9.97. The fourth-order valence-corrected chi connectivity index (χ4v) is 3.01. The average Bonchev–Trinajstić information content (AvgIpc) is 2.45. The molecule has 22 heavy (non-hydrogen) atoms. The Balaban J connectivity index is 1.89. The summed E-state index contributed by atoms with van der Waals surface area (Å²) in [5.41, 5.74) is 3.30. The zero-order valence-electron chi connectivity index (χ0n) is 12.6. The first-order chi connectivity index (χ1) is 10.5. The smallest absolute Gasteiger partial charge is 0.221 e. The van der Waals surface area contributed by atoms with E-state index in [1.165, 1.54) is 18.1 Å². The maximum absolute atomic E-state index is 11.3. The van der Waals surface area contributed by atoms with Crippen LogP contribution in [0, 0.1) is 6.92 Å². The third kappa shape index (κ3) is 3.04. The molecule has 0 saturated carbocycles. The van der Waals surface area contributed by atoms with Crippen LogP contribution in [0.5, 0.6) is 0 Å². The summed E-state index contributed by atoms with van der Waals surface area (Å²) >= 11 is 6.03. The number of carbonyl (C=O) groups excluding carboxylic acids is 1. The zero-order valence-corrected chi connectivity index (χ0v) is 13.3. The van der Waals surface area contributed by atoms with E-state index in [1.54, 1.807) is 6.07 Å². The molecule has 2 aromatic rings. The van der Waals surface area contributed by atoms with Crippen LogP contribution in [0.2, 0.25) is 5.15 Å². The van der Waals surface area contributed by atoms with Crippen molar-refractivity contribution in [3.8, 4) is 0 Å². The molecule has 5 nitrogen and oxygen atoms in total. The van der Waals surface area contributed by atoms with Gasteiger partial charge in [-0.3, -0.25) is 4.79 Å². The predicted molar refractivity (Wildman–Crippen MR) is 87.3 cm³/mol. The predicted octanol–water partition coefficient (Wildman–Crippen LogP) is 2.96. The number of anilines is 2. The molecule has 1 aromatic carbocycles. The molecule has 0 unspecified atom stereocenters. The molecule has 1 aromatic heterocycles. The molecule has 1 aliphatic rings. The molecule has 0 fully saturated rings. The highest BCUT2D eigenvalue weighted by molar-refractivity contribution is 6.29. The number of nitrogens with zero attached hydrogens (tertiary/aromatic N) is 3. The fourth-order valence-electron chi connectivity index (χ4n) is 2.79. The summed E-state index contributed by atoms with van der Waals surface area (Å²) in [6.45, 7) is 4.94. The van der Waals surface area contributed by atoms with Crippen LogP contribution in [0.4, 0.5) is 11.5 Å². The number of halogens is 1. The first-order valence-electron chi connectivity index (χ1n) is 7.17. The van der Waals surface area contributed by atoms with Crippen molar-refractivity contribution >= 4 is 29.0 Å². The van der Waals surface area contributed by atoms with E-state index >= 15 is 0 Å². The van der Waals surface area contributed by atoms with Crippen LogP contribution in [0.15, 0.2) is 24.3 Å². The topological polar surface area (TPSA) is 58.1 Å². The number of aromatic nitrogens is 2. The quantitative estimate of drug-likeness (QED) is 0.865. The van der Waals surface area contributed by atoms with Crippen molar-refractivity contribution in [2.24, 2.45) is 0 Å². The van der Waals surface area contributed by atoms with Gasteiger partial charge in [0, 0.05) is 31.8 Å². The number of rotatable bonds is 2. The summed E-state index contributed by atoms with van der Waals surface area (Å²) in [6, 6.07) is 7.78. The second-order valence-corrected chi connectivity index (χ2v) is 5.78. The number of hydrogen-bond donors (Lipinski definition) is 1. The molecule has 2 heterocycles. The second-order valence-electron chi connectivity index (χ2n) is 5.39. The molecular weight excluding hydrogens is 300 g/mol. The average molecular weight is 317 g/mol. The molecule has 1 aliphatic heterocycles. The van der Waals surface area contributed by atoms with E-state index in [0.717, 1.165) is 31.0 Å². The van der Waals surface area contributed by atoms with Crippen LogP contribution in [0.1, 0.15) is 23.9 Å². The summed E-state index contributed by atoms with van der Waals surface area (Å²) in [6.07, 6.45) is 0.854. The second kappa shape index (κ2) is 5.93. The van der Waals surface area contributed by atoms with Crippen LogP contribution < -0.4 is 10.2 Å². The van der Waals surface area contributed by atoms with Gasteiger partial charge < -0.3 is 10.2 Å². The Morgan fingerprint density at radius 1 is 1.36 bits per heavy atom. The number of benzene rings is 1. The van der Waals surface area contributed by atoms with Crippen molar-refractivity contribution in [2.75, 3.05) is 16.8 Å². The van der Waals surface area contributed by atoms with Crippen LogP contribution >= 0.6 is 11.6 Å². The molecule has 114 valence electrons. The number of hydrogen-bond acceptors (Lipinski definition) is 4. The molecule has 0 spiro atoms. The Kier molecular flexibility index (Phi) is 3.98. The normalized spacial score (nSPS) is 13.7. The molecule has 1 amide bonds. The Labute approximate surface area is 134 Å². The van der Waals surface area contributed by atoms with Crippen molar-refractivity contribution in [3.63, 3.8) is 0 Å². The van der Waals surface area contributed by atoms with Gasteiger partial charge in [-0.05, 0) is 30.5 Å². The van der Waals surface area contributed by atoms with Crippen LogP contribution in [0.25, 0.3) is 0 Å². The molecule has 0 bridgehead atoms. The van der Waals surface area contributed by atoms with Gasteiger partial charge in [0.1, 0.15) is 16.8 Å². The van der Waals surface area contributed by atoms with Gasteiger partial charge in [-0.1, -0.05) is 23.7 Å². The number of amides is 1. The van der Waals surface area contributed by atoms with E-state index in [0.29, 0.717) is 11.0 Å². The van der Waals surface area contributed by atoms with Crippen molar-refractivity contribution in [1.82, 2.24) is 9.97 Å².